The van der Waals surface area contributed by atoms with Crippen molar-refractivity contribution in [3.8, 4) is 11.5 Å². The van der Waals surface area contributed by atoms with E-state index in [1.807, 2.05) is 0 Å². The van der Waals surface area contributed by atoms with Crippen LogP contribution in [0.5, 0.6) is 11.5 Å². The van der Waals surface area contributed by atoms with Crippen LogP contribution in [0.25, 0.3) is 0 Å². The van der Waals surface area contributed by atoms with Crippen molar-refractivity contribution in [3.63, 3.8) is 0 Å². The molecule has 1 aliphatic heterocycles. The van der Waals surface area contributed by atoms with E-state index in [4.69, 9.17) is 4.74 Å². The molecule has 1 aromatic rings. The van der Waals surface area contributed by atoms with Crippen molar-refractivity contribution in [2.24, 2.45) is 0 Å². The van der Waals surface area contributed by atoms with E-state index in [0.29, 0.717) is 0 Å². The van der Waals surface area contributed by atoms with Crippen LogP contribution in [0, 0.1) is 0 Å². The van der Waals surface area contributed by atoms with Crippen molar-refractivity contribution >= 4 is 0 Å². The summed E-state index contributed by atoms with van der Waals surface area (Å²) in [6.07, 6.45) is 2.16. The molecule has 1 aromatic carbocycles. The third-order valence-corrected chi connectivity index (χ3v) is 4.14. The van der Waals surface area contributed by atoms with Crippen molar-refractivity contribution in [1.82, 2.24) is 4.90 Å². The summed E-state index contributed by atoms with van der Waals surface area (Å²) < 4.78 is 5.60. The van der Waals surface area contributed by atoms with Gasteiger partial charge in [-0.15, -0.1) is 0 Å². The van der Waals surface area contributed by atoms with E-state index in [-0.39, 0.29) is 23.1 Å². The van der Waals surface area contributed by atoms with Gasteiger partial charge in [0.2, 0.25) is 0 Å². The van der Waals surface area contributed by atoms with Gasteiger partial charge in [0.15, 0.2) is 0 Å². The molecule has 4 heteroatoms. The van der Waals surface area contributed by atoms with Crippen molar-refractivity contribution in [1.29, 1.82) is 0 Å². The molecule has 4 nitrogen and oxygen atoms in total. The molecule has 2 rings (SSSR count). The molecule has 2 N–H and O–H groups in total. The highest BCUT2D eigenvalue weighted by Gasteiger charge is 2.33. The Morgan fingerprint density at radius 2 is 1.89 bits per heavy atom. The van der Waals surface area contributed by atoms with Crippen LogP contribution in [0.3, 0.4) is 0 Å². The van der Waals surface area contributed by atoms with Gasteiger partial charge in [-0.2, -0.15) is 0 Å². The summed E-state index contributed by atoms with van der Waals surface area (Å²) in [7, 11) is 1.76. The van der Waals surface area contributed by atoms with Crippen LogP contribution in [-0.4, -0.2) is 40.9 Å². The van der Waals surface area contributed by atoms with Crippen molar-refractivity contribution in [2.45, 2.75) is 38.3 Å². The summed E-state index contributed by atoms with van der Waals surface area (Å²) in [5.74, 6) is 0.210. The zero-order valence-corrected chi connectivity index (χ0v) is 11.9. The molecular formula is C15H23NO3. The minimum atomic E-state index is -0.106. The monoisotopic (exact) mass is 265 g/mol. The Morgan fingerprint density at radius 3 is 2.47 bits per heavy atom. The molecule has 1 saturated heterocycles. The molecule has 1 heterocycles. The van der Waals surface area contributed by atoms with Gasteiger partial charge < -0.3 is 14.9 Å². The van der Waals surface area contributed by atoms with Crippen LogP contribution in [0.4, 0.5) is 0 Å². The molecule has 0 radical (unpaired) electrons. The number of benzene rings is 1. The van der Waals surface area contributed by atoms with Gasteiger partial charge >= 0.3 is 0 Å². The minimum Gasteiger partial charge on any atom is -0.508 e. The maximum absolute atomic E-state index is 9.59. The molecule has 1 fully saturated rings. The van der Waals surface area contributed by atoms with Crippen molar-refractivity contribution in [2.75, 3.05) is 20.2 Å². The van der Waals surface area contributed by atoms with Crippen LogP contribution < -0.4 is 0 Å². The second kappa shape index (κ2) is 5.39. The average Bonchev–Trinajstić information content (AvgIpc) is 2.37. The van der Waals surface area contributed by atoms with Gasteiger partial charge in [0.25, 0.3) is 0 Å². The number of phenolic OH excluding ortho intramolecular Hbond substituents is 2. The molecule has 0 aliphatic carbocycles. The van der Waals surface area contributed by atoms with E-state index in [9.17, 15) is 10.2 Å². The lowest BCUT2D eigenvalue weighted by Crippen LogP contribution is -2.48. The van der Waals surface area contributed by atoms with Gasteiger partial charge in [-0.1, -0.05) is 0 Å². The fourth-order valence-corrected chi connectivity index (χ4v) is 2.81. The van der Waals surface area contributed by atoms with Gasteiger partial charge in [0.1, 0.15) is 11.5 Å². The number of piperidine rings is 1. The summed E-state index contributed by atoms with van der Waals surface area (Å²) in [6.45, 7) is 6.10. The van der Waals surface area contributed by atoms with E-state index in [2.05, 4.69) is 18.7 Å². The number of ether oxygens (including phenoxy) is 1. The topological polar surface area (TPSA) is 52.9 Å². The third-order valence-electron chi connectivity index (χ3n) is 4.14. The highest BCUT2D eigenvalue weighted by atomic mass is 16.5. The molecule has 106 valence electrons. The zero-order valence-electron chi connectivity index (χ0n) is 11.9. The number of nitrogens with zero attached hydrogens (tertiary/aromatic N) is 1. The van der Waals surface area contributed by atoms with E-state index in [1.54, 1.807) is 19.2 Å². The lowest BCUT2D eigenvalue weighted by Gasteiger charge is -2.42. The standard InChI is InChI=1S/C15H23NO3/c1-11(12-7-13(17)9-14(18)8-12)16-6-4-5-15(2,10-16)19-3/h7-9,11,17-18H,4-6,10H2,1-3H3. The largest absolute Gasteiger partial charge is 0.508 e. The lowest BCUT2D eigenvalue weighted by atomic mass is 9.92. The second-order valence-corrected chi connectivity index (χ2v) is 5.69. The number of hydrogen-bond acceptors (Lipinski definition) is 4. The van der Waals surface area contributed by atoms with Crippen molar-refractivity contribution in [3.05, 3.63) is 23.8 Å². The van der Waals surface area contributed by atoms with E-state index < -0.39 is 0 Å². The SMILES string of the molecule is COC1(C)CCCN(C(C)c2cc(O)cc(O)c2)C1. The fourth-order valence-electron chi connectivity index (χ4n) is 2.81. The molecule has 0 amide bonds. The van der Waals surface area contributed by atoms with Crippen LogP contribution in [-0.2, 0) is 4.74 Å². The Hall–Kier alpha value is -1.26. The van der Waals surface area contributed by atoms with Crippen LogP contribution in [0.15, 0.2) is 18.2 Å². The van der Waals surface area contributed by atoms with Crippen LogP contribution in [0.2, 0.25) is 0 Å². The highest BCUT2D eigenvalue weighted by molar-refractivity contribution is 5.38. The van der Waals surface area contributed by atoms with E-state index >= 15 is 0 Å². The second-order valence-electron chi connectivity index (χ2n) is 5.69. The number of aromatic hydroxyl groups is 2. The smallest absolute Gasteiger partial charge is 0.119 e. The quantitative estimate of drug-likeness (QED) is 0.882. The molecule has 19 heavy (non-hydrogen) atoms. The van der Waals surface area contributed by atoms with E-state index in [0.717, 1.165) is 31.5 Å². The summed E-state index contributed by atoms with van der Waals surface area (Å²) in [5.41, 5.74) is 0.823. The molecule has 2 unspecified atom stereocenters. The first-order valence-corrected chi connectivity index (χ1v) is 6.76. The summed E-state index contributed by atoms with van der Waals surface area (Å²) in [4.78, 5) is 2.33. The molecule has 0 saturated carbocycles. The van der Waals surface area contributed by atoms with Crippen molar-refractivity contribution < 1.29 is 14.9 Å². The number of hydrogen-bond donors (Lipinski definition) is 2. The fraction of sp³-hybridized carbons (Fsp3) is 0.600. The molecule has 0 spiro atoms. The molecule has 1 aliphatic rings. The number of likely N-dealkylation sites (tertiary alicyclic amines) is 1. The zero-order chi connectivity index (χ0) is 14.0. The van der Waals surface area contributed by atoms with Gasteiger partial charge in [0.05, 0.1) is 5.60 Å². The van der Waals surface area contributed by atoms with Crippen LogP contribution in [0.1, 0.15) is 38.3 Å². The molecule has 2 atom stereocenters. The predicted molar refractivity (Wildman–Crippen MR) is 74.4 cm³/mol. The molecule has 0 bridgehead atoms. The Balaban J connectivity index is 2.16. The van der Waals surface area contributed by atoms with E-state index in [1.165, 1.54) is 6.07 Å². The number of methoxy groups -OCH3 is 1. The van der Waals surface area contributed by atoms with Gasteiger partial charge in [-0.3, -0.25) is 4.90 Å². The first-order chi connectivity index (χ1) is 8.93. The van der Waals surface area contributed by atoms with Crippen LogP contribution >= 0.6 is 0 Å². The predicted octanol–water partition coefficient (Wildman–Crippen LogP) is 2.66. The Morgan fingerprint density at radius 1 is 1.26 bits per heavy atom. The minimum absolute atomic E-state index is 0.105. The number of rotatable bonds is 3. The molecular weight excluding hydrogens is 242 g/mol. The third kappa shape index (κ3) is 3.19. The first kappa shape index (κ1) is 14.2. The maximum Gasteiger partial charge on any atom is 0.119 e. The Kier molecular flexibility index (Phi) is 4.02. The summed E-state index contributed by atoms with van der Waals surface area (Å²) in [5, 5.41) is 19.2. The average molecular weight is 265 g/mol. The maximum atomic E-state index is 9.59. The van der Waals surface area contributed by atoms with Gasteiger partial charge in [-0.25, -0.2) is 0 Å². The highest BCUT2D eigenvalue weighted by Crippen LogP contribution is 2.33. The molecule has 0 aromatic heterocycles. The lowest BCUT2D eigenvalue weighted by molar-refractivity contribution is -0.0599. The van der Waals surface area contributed by atoms with Gasteiger partial charge in [0, 0.05) is 25.8 Å². The normalized spacial score (nSPS) is 26.3. The summed E-state index contributed by atoms with van der Waals surface area (Å²) in [6, 6.07) is 4.92. The first-order valence-electron chi connectivity index (χ1n) is 6.76. The van der Waals surface area contributed by atoms with Gasteiger partial charge in [-0.05, 0) is 50.9 Å². The number of phenols is 2. The Bertz CT molecular complexity index is 429. The summed E-state index contributed by atoms with van der Waals surface area (Å²) >= 11 is 0. The Labute approximate surface area is 114 Å².